The number of phenols is 2. The molecule has 6 aliphatic rings. The maximum atomic E-state index is 13.2. The van der Waals surface area contributed by atoms with Gasteiger partial charge in [-0.05, 0) is 108 Å². The van der Waals surface area contributed by atoms with Crippen LogP contribution in [0.4, 0.5) is 0 Å². The van der Waals surface area contributed by atoms with Gasteiger partial charge in [-0.3, -0.25) is 14.5 Å². The number of nitrogens with one attached hydrogen (secondary N) is 2. The van der Waals surface area contributed by atoms with Crippen LogP contribution in [0.25, 0.3) is 0 Å². The van der Waals surface area contributed by atoms with Crippen molar-refractivity contribution in [3.8, 4) is 11.5 Å². The van der Waals surface area contributed by atoms with E-state index in [1.54, 1.807) is 18.2 Å². The van der Waals surface area contributed by atoms with Crippen molar-refractivity contribution in [2.24, 2.45) is 23.7 Å². The summed E-state index contributed by atoms with van der Waals surface area (Å²) in [4.78, 5) is 30.8. The van der Waals surface area contributed by atoms with Gasteiger partial charge >= 0.3 is 0 Å². The van der Waals surface area contributed by atoms with Crippen LogP contribution in [0.3, 0.4) is 0 Å². The largest absolute Gasteiger partial charge is 0.508 e. The number of phenolic OH excluding ortho intramolecular Hbond substituents is 2. The summed E-state index contributed by atoms with van der Waals surface area (Å²) < 4.78 is 0. The van der Waals surface area contributed by atoms with Gasteiger partial charge < -0.3 is 25.7 Å². The van der Waals surface area contributed by atoms with Gasteiger partial charge in [-0.25, -0.2) is 0 Å². The number of aromatic hydroxyl groups is 2. The van der Waals surface area contributed by atoms with E-state index in [2.05, 4.69) is 49.3 Å². The smallest absolute Gasteiger partial charge is 0.246 e. The summed E-state index contributed by atoms with van der Waals surface area (Å²) in [5.41, 5.74) is 2.23. The summed E-state index contributed by atoms with van der Waals surface area (Å²) in [7, 11) is 0. The second kappa shape index (κ2) is 15.3. The highest BCUT2D eigenvalue weighted by atomic mass is 16.3. The topological polar surface area (TPSA) is 105 Å². The lowest BCUT2D eigenvalue weighted by Gasteiger charge is -2.54. The highest BCUT2D eigenvalue weighted by Crippen LogP contribution is 2.45. The summed E-state index contributed by atoms with van der Waals surface area (Å²) in [5, 5.41) is 26.8. The summed E-state index contributed by atoms with van der Waals surface area (Å²) >= 11 is 0. The van der Waals surface area contributed by atoms with E-state index in [0.29, 0.717) is 36.7 Å². The van der Waals surface area contributed by atoms with Crippen molar-refractivity contribution in [2.75, 3.05) is 26.2 Å². The molecule has 284 valence electrons. The number of rotatable bonds is 4. The molecule has 52 heavy (non-hydrogen) atoms. The van der Waals surface area contributed by atoms with Gasteiger partial charge in [0.25, 0.3) is 0 Å². The zero-order chi connectivity index (χ0) is 36.6. The number of nitrogens with zero attached hydrogens (tertiary/aromatic N) is 2. The fourth-order valence-corrected chi connectivity index (χ4v) is 11.0. The Kier molecular flexibility index (Phi) is 11.0. The zero-order valence-corrected chi connectivity index (χ0v) is 32.2. The van der Waals surface area contributed by atoms with Crippen LogP contribution in [0.5, 0.6) is 11.5 Å². The first-order valence-electron chi connectivity index (χ1n) is 20.6. The van der Waals surface area contributed by atoms with Gasteiger partial charge in [0.1, 0.15) is 23.6 Å². The Bertz CT molecular complexity index is 1570. The Morgan fingerprint density at radius 1 is 0.712 bits per heavy atom. The number of piperazine rings is 2. The van der Waals surface area contributed by atoms with Crippen LogP contribution >= 0.6 is 0 Å². The SMILES string of the molecule is C[C@H]1CN2C(=O)[C@H](C3CCCCC3)NC(=O)[C@H]2C[C@@]1(C)c1cccc(O)c1.C[C@H]1CN2C[C@H](C3CCCCC3)NC[C@H]2C[C@@]1(C)c1cccc(O)c1. The minimum Gasteiger partial charge on any atom is -0.508 e. The van der Waals surface area contributed by atoms with Gasteiger partial charge in [0.2, 0.25) is 11.8 Å². The number of fused-ring (bicyclic) bond motifs is 2. The lowest BCUT2D eigenvalue weighted by atomic mass is 9.65. The van der Waals surface area contributed by atoms with E-state index in [9.17, 15) is 19.8 Å². The van der Waals surface area contributed by atoms with Crippen molar-refractivity contribution in [3.05, 3.63) is 59.7 Å². The minimum atomic E-state index is -0.416. The van der Waals surface area contributed by atoms with Crippen LogP contribution in [0.15, 0.2) is 48.5 Å². The van der Waals surface area contributed by atoms with Crippen molar-refractivity contribution >= 4 is 11.8 Å². The molecule has 2 saturated carbocycles. The standard InChI is InChI=1S/C22H30N2O3.C22H34N2O/c1-14-13-24-18(12-22(14,2)16-9-6-10-17(25)11-16)20(26)23-19(21(24)27)15-7-4-3-5-8-15;1-16-14-24-15-21(17-7-4-3-5-8-17)23-13-19(24)12-22(16,2)18-9-6-10-20(25)11-18/h6,9-11,14-15,18-19,25H,3-5,7-8,12-13H2,1-2H3,(H,23,26);6,9-11,16-17,19,21,23,25H,3-5,7-8,12-15H2,1-2H3/t14-,18+,19-,22+;16-,19+,21+,22+/m00/s1. The molecule has 6 fully saturated rings. The van der Waals surface area contributed by atoms with E-state index in [-0.39, 0.29) is 46.3 Å². The molecule has 0 radical (unpaired) electrons. The van der Waals surface area contributed by atoms with Crippen LogP contribution in [-0.2, 0) is 20.4 Å². The first-order valence-corrected chi connectivity index (χ1v) is 20.6. The van der Waals surface area contributed by atoms with E-state index >= 15 is 0 Å². The molecular weight excluding hydrogens is 649 g/mol. The van der Waals surface area contributed by atoms with Crippen LogP contribution in [0, 0.1) is 23.7 Å². The second-order valence-corrected chi connectivity index (χ2v) is 18.1. The predicted octanol–water partition coefficient (Wildman–Crippen LogP) is 6.88. The maximum absolute atomic E-state index is 13.2. The molecule has 2 amide bonds. The van der Waals surface area contributed by atoms with Crippen molar-refractivity contribution in [1.29, 1.82) is 0 Å². The fourth-order valence-electron chi connectivity index (χ4n) is 11.0. The first-order chi connectivity index (χ1) is 25.0. The minimum absolute atomic E-state index is 0.0107. The Morgan fingerprint density at radius 3 is 1.87 bits per heavy atom. The summed E-state index contributed by atoms with van der Waals surface area (Å²) in [6, 6.07) is 15.8. The van der Waals surface area contributed by atoms with E-state index in [1.807, 2.05) is 29.2 Å². The molecule has 8 heteroatoms. The first kappa shape index (κ1) is 37.2. The molecule has 0 spiro atoms. The highest BCUT2D eigenvalue weighted by molar-refractivity contribution is 5.97. The lowest BCUT2D eigenvalue weighted by molar-refractivity contribution is -0.156. The Balaban J connectivity index is 0.000000162. The fraction of sp³-hybridized carbons (Fsp3) is 0.682. The number of hydrogen-bond acceptors (Lipinski definition) is 6. The molecule has 2 aromatic carbocycles. The van der Waals surface area contributed by atoms with E-state index in [1.165, 1.54) is 63.6 Å². The summed E-state index contributed by atoms with van der Waals surface area (Å²) in [5.74, 6) is 2.72. The average Bonchev–Trinajstić information content (AvgIpc) is 3.15. The van der Waals surface area contributed by atoms with Crippen LogP contribution in [-0.4, -0.2) is 82.2 Å². The number of benzene rings is 2. The quantitative estimate of drug-likeness (QED) is 0.276. The van der Waals surface area contributed by atoms with Crippen LogP contribution in [0.2, 0.25) is 0 Å². The van der Waals surface area contributed by atoms with Crippen molar-refractivity contribution in [1.82, 2.24) is 20.4 Å². The molecule has 0 aromatic heterocycles. The van der Waals surface area contributed by atoms with Gasteiger partial charge in [-0.2, -0.15) is 0 Å². The maximum Gasteiger partial charge on any atom is 0.246 e. The van der Waals surface area contributed by atoms with Crippen LogP contribution in [0.1, 0.15) is 116 Å². The van der Waals surface area contributed by atoms with Crippen LogP contribution < -0.4 is 10.6 Å². The molecule has 4 N–H and O–H groups in total. The van der Waals surface area contributed by atoms with Crippen molar-refractivity contribution in [2.45, 2.75) is 140 Å². The molecule has 0 unspecified atom stereocenters. The Hall–Kier alpha value is -3.10. The molecular formula is C44H64N4O4. The Morgan fingerprint density at radius 2 is 1.27 bits per heavy atom. The number of piperidine rings is 2. The molecule has 8 nitrogen and oxygen atoms in total. The predicted molar refractivity (Wildman–Crippen MR) is 206 cm³/mol. The molecule has 2 aliphatic carbocycles. The normalized spacial score (nSPS) is 36.2. The summed E-state index contributed by atoms with van der Waals surface area (Å²) in [6.45, 7) is 13.2. The molecule has 4 heterocycles. The summed E-state index contributed by atoms with van der Waals surface area (Å²) in [6.07, 6.45) is 14.5. The van der Waals surface area contributed by atoms with Gasteiger partial charge in [0.05, 0.1) is 0 Å². The van der Waals surface area contributed by atoms with Crippen molar-refractivity contribution < 1.29 is 19.8 Å². The van der Waals surface area contributed by atoms with E-state index in [4.69, 9.17) is 0 Å². The van der Waals surface area contributed by atoms with E-state index < -0.39 is 6.04 Å². The highest BCUT2D eigenvalue weighted by Gasteiger charge is 2.52. The molecule has 4 saturated heterocycles. The number of carbonyl (C=O) groups excluding carboxylic acids is 2. The number of amides is 2. The molecule has 2 aromatic rings. The third kappa shape index (κ3) is 7.36. The third-order valence-corrected chi connectivity index (χ3v) is 14.9. The lowest BCUT2D eigenvalue weighted by Crippen LogP contribution is -2.69. The molecule has 4 aliphatic heterocycles. The third-order valence-electron chi connectivity index (χ3n) is 14.9. The molecule has 8 atom stereocenters. The number of hydrogen-bond donors (Lipinski definition) is 4. The molecule has 0 bridgehead atoms. The Labute approximate surface area is 312 Å². The van der Waals surface area contributed by atoms with Gasteiger partial charge in [0, 0.05) is 38.3 Å². The van der Waals surface area contributed by atoms with Gasteiger partial charge in [0.15, 0.2) is 0 Å². The van der Waals surface area contributed by atoms with E-state index in [0.717, 1.165) is 43.7 Å². The van der Waals surface area contributed by atoms with Crippen molar-refractivity contribution in [3.63, 3.8) is 0 Å². The average molecular weight is 713 g/mol. The van der Waals surface area contributed by atoms with Gasteiger partial charge in [-0.1, -0.05) is 90.5 Å². The number of carbonyl (C=O) groups is 2. The van der Waals surface area contributed by atoms with Gasteiger partial charge in [-0.15, -0.1) is 0 Å². The molecule has 8 rings (SSSR count). The zero-order valence-electron chi connectivity index (χ0n) is 32.2. The monoisotopic (exact) mass is 712 g/mol. The second-order valence-electron chi connectivity index (χ2n) is 18.1.